The summed E-state index contributed by atoms with van der Waals surface area (Å²) in [7, 11) is -3.53. The highest BCUT2D eigenvalue weighted by atomic mass is 32.2. The van der Waals surface area contributed by atoms with Gasteiger partial charge < -0.3 is 14.9 Å². The number of aliphatic hydroxyl groups is 2. The van der Waals surface area contributed by atoms with Crippen LogP contribution in [0.1, 0.15) is 13.8 Å². The monoisotopic (exact) mass is 241 g/mol. The standard InChI is InChI=1S/C8H19NO5S/c1-3-14-4-5-15(12,13)9-8(2,6-10)7-11/h9-11H,3-7H2,1-2H3. The molecule has 3 N–H and O–H groups in total. The first-order valence-electron chi connectivity index (χ1n) is 4.70. The largest absolute Gasteiger partial charge is 0.394 e. The van der Waals surface area contributed by atoms with Crippen molar-refractivity contribution in [2.24, 2.45) is 0 Å². The maximum atomic E-state index is 11.4. The minimum absolute atomic E-state index is 0.0960. The van der Waals surface area contributed by atoms with Crippen LogP contribution in [0, 0.1) is 0 Å². The van der Waals surface area contributed by atoms with Crippen molar-refractivity contribution in [1.29, 1.82) is 0 Å². The Hall–Kier alpha value is -0.210. The van der Waals surface area contributed by atoms with Gasteiger partial charge in [-0.1, -0.05) is 0 Å². The lowest BCUT2D eigenvalue weighted by molar-refractivity contribution is 0.121. The molecule has 0 unspecified atom stereocenters. The molecule has 0 aromatic rings. The van der Waals surface area contributed by atoms with Crippen molar-refractivity contribution in [2.45, 2.75) is 19.4 Å². The summed E-state index contributed by atoms with van der Waals surface area (Å²) in [6.45, 7) is 2.82. The lowest BCUT2D eigenvalue weighted by Gasteiger charge is -2.25. The molecule has 0 rings (SSSR count). The quantitative estimate of drug-likeness (QED) is 0.458. The van der Waals surface area contributed by atoms with E-state index in [4.69, 9.17) is 14.9 Å². The second kappa shape index (κ2) is 6.39. The SMILES string of the molecule is CCOCCS(=O)(=O)NC(C)(CO)CO. The molecule has 6 nitrogen and oxygen atoms in total. The molecule has 0 aromatic carbocycles. The summed E-state index contributed by atoms with van der Waals surface area (Å²) in [6, 6.07) is 0. The minimum Gasteiger partial charge on any atom is -0.394 e. The van der Waals surface area contributed by atoms with E-state index in [1.807, 2.05) is 0 Å². The molecule has 0 fully saturated rings. The van der Waals surface area contributed by atoms with Crippen LogP contribution in [0.15, 0.2) is 0 Å². The van der Waals surface area contributed by atoms with Crippen molar-refractivity contribution in [3.63, 3.8) is 0 Å². The average Bonchev–Trinajstić information content (AvgIpc) is 2.17. The van der Waals surface area contributed by atoms with Crippen molar-refractivity contribution < 1.29 is 23.4 Å². The Morgan fingerprint density at radius 3 is 2.27 bits per heavy atom. The topological polar surface area (TPSA) is 95.9 Å². The summed E-state index contributed by atoms with van der Waals surface area (Å²) in [6.07, 6.45) is 0. The Morgan fingerprint density at radius 1 is 1.33 bits per heavy atom. The number of aliphatic hydroxyl groups excluding tert-OH is 2. The summed E-state index contributed by atoms with van der Waals surface area (Å²) < 4.78 is 30.0. The number of sulfonamides is 1. The molecule has 0 aliphatic rings. The molecule has 0 atom stereocenters. The fourth-order valence-electron chi connectivity index (χ4n) is 0.854. The van der Waals surface area contributed by atoms with Crippen LogP contribution in [-0.4, -0.2) is 56.4 Å². The van der Waals surface area contributed by atoms with E-state index < -0.39 is 28.8 Å². The zero-order valence-corrected chi connectivity index (χ0v) is 9.88. The lowest BCUT2D eigenvalue weighted by atomic mass is 10.1. The maximum absolute atomic E-state index is 11.4. The van der Waals surface area contributed by atoms with Crippen LogP contribution in [-0.2, 0) is 14.8 Å². The summed E-state index contributed by atoms with van der Waals surface area (Å²) in [4.78, 5) is 0. The summed E-state index contributed by atoms with van der Waals surface area (Å²) >= 11 is 0. The third-order valence-corrected chi connectivity index (χ3v) is 3.31. The van der Waals surface area contributed by atoms with E-state index in [1.165, 1.54) is 6.92 Å². The molecule has 0 radical (unpaired) electrons. The van der Waals surface area contributed by atoms with Gasteiger partial charge in [0.25, 0.3) is 0 Å². The van der Waals surface area contributed by atoms with Crippen LogP contribution in [0.3, 0.4) is 0 Å². The number of rotatable bonds is 8. The summed E-state index contributed by atoms with van der Waals surface area (Å²) in [5.74, 6) is -0.184. The molecule has 0 amide bonds. The van der Waals surface area contributed by atoms with Gasteiger partial charge in [0.15, 0.2) is 0 Å². The van der Waals surface area contributed by atoms with E-state index >= 15 is 0 Å². The van der Waals surface area contributed by atoms with E-state index in [9.17, 15) is 8.42 Å². The van der Waals surface area contributed by atoms with Gasteiger partial charge in [0.2, 0.25) is 10.0 Å². The van der Waals surface area contributed by atoms with Crippen molar-refractivity contribution in [1.82, 2.24) is 4.72 Å². The Bertz CT molecular complexity index is 260. The Labute approximate surface area is 90.3 Å². The van der Waals surface area contributed by atoms with Crippen LogP contribution in [0.5, 0.6) is 0 Å². The molecule has 0 spiro atoms. The molecular weight excluding hydrogens is 222 g/mol. The third kappa shape index (κ3) is 6.06. The maximum Gasteiger partial charge on any atom is 0.214 e. The molecule has 0 aromatic heterocycles. The molecule has 7 heteroatoms. The molecule has 0 heterocycles. The number of hydrogen-bond acceptors (Lipinski definition) is 5. The molecule has 0 saturated heterocycles. The molecule has 15 heavy (non-hydrogen) atoms. The fraction of sp³-hybridized carbons (Fsp3) is 1.00. The van der Waals surface area contributed by atoms with Gasteiger partial charge >= 0.3 is 0 Å². The first-order valence-corrected chi connectivity index (χ1v) is 6.35. The van der Waals surface area contributed by atoms with Gasteiger partial charge in [0, 0.05) is 6.61 Å². The van der Waals surface area contributed by atoms with Gasteiger partial charge in [-0.2, -0.15) is 0 Å². The molecular formula is C8H19NO5S. The van der Waals surface area contributed by atoms with Gasteiger partial charge in [0.1, 0.15) is 0 Å². The number of nitrogens with one attached hydrogen (secondary N) is 1. The Balaban J connectivity index is 4.24. The highest BCUT2D eigenvalue weighted by Crippen LogP contribution is 2.03. The fourth-order valence-corrected chi connectivity index (χ4v) is 2.17. The smallest absolute Gasteiger partial charge is 0.214 e. The average molecular weight is 241 g/mol. The van der Waals surface area contributed by atoms with Crippen LogP contribution in [0.2, 0.25) is 0 Å². The molecule has 0 bridgehead atoms. The Kier molecular flexibility index (Phi) is 6.30. The van der Waals surface area contributed by atoms with Crippen LogP contribution in [0.4, 0.5) is 0 Å². The lowest BCUT2D eigenvalue weighted by Crippen LogP contribution is -2.52. The first kappa shape index (κ1) is 14.8. The highest BCUT2D eigenvalue weighted by molar-refractivity contribution is 7.89. The molecule has 0 aliphatic carbocycles. The van der Waals surface area contributed by atoms with E-state index in [0.29, 0.717) is 6.61 Å². The molecule has 92 valence electrons. The third-order valence-electron chi connectivity index (χ3n) is 1.80. The van der Waals surface area contributed by atoms with Crippen molar-refractivity contribution >= 4 is 10.0 Å². The van der Waals surface area contributed by atoms with Crippen molar-refractivity contribution in [2.75, 3.05) is 32.2 Å². The second-order valence-electron chi connectivity index (χ2n) is 3.49. The van der Waals surface area contributed by atoms with Crippen LogP contribution >= 0.6 is 0 Å². The van der Waals surface area contributed by atoms with Crippen LogP contribution < -0.4 is 4.72 Å². The van der Waals surface area contributed by atoms with Gasteiger partial charge in [-0.15, -0.1) is 0 Å². The number of ether oxygens (including phenoxy) is 1. The summed E-state index contributed by atoms with van der Waals surface area (Å²) in [5, 5.41) is 17.8. The number of hydrogen-bond donors (Lipinski definition) is 3. The van der Waals surface area contributed by atoms with Gasteiger partial charge in [-0.3, -0.25) is 0 Å². The van der Waals surface area contributed by atoms with Crippen molar-refractivity contribution in [3.05, 3.63) is 0 Å². The van der Waals surface area contributed by atoms with Gasteiger partial charge in [-0.25, -0.2) is 13.1 Å². The van der Waals surface area contributed by atoms with E-state index in [0.717, 1.165) is 0 Å². The predicted molar refractivity (Wildman–Crippen MR) is 56.0 cm³/mol. The second-order valence-corrected chi connectivity index (χ2v) is 5.34. The summed E-state index contributed by atoms with van der Waals surface area (Å²) in [5.41, 5.74) is -1.22. The van der Waals surface area contributed by atoms with E-state index in [1.54, 1.807) is 6.92 Å². The Morgan fingerprint density at radius 2 is 1.87 bits per heavy atom. The van der Waals surface area contributed by atoms with Gasteiger partial charge in [0.05, 0.1) is 31.1 Å². The molecule has 0 saturated carbocycles. The van der Waals surface area contributed by atoms with Crippen LogP contribution in [0.25, 0.3) is 0 Å². The van der Waals surface area contributed by atoms with Gasteiger partial charge in [-0.05, 0) is 13.8 Å². The first-order chi connectivity index (χ1) is 6.89. The van der Waals surface area contributed by atoms with E-state index in [-0.39, 0.29) is 12.4 Å². The van der Waals surface area contributed by atoms with E-state index in [2.05, 4.69) is 4.72 Å². The zero-order valence-electron chi connectivity index (χ0n) is 9.06. The predicted octanol–water partition coefficient (Wildman–Crippen LogP) is -1.31. The highest BCUT2D eigenvalue weighted by Gasteiger charge is 2.28. The normalized spacial score (nSPS) is 13.1. The minimum atomic E-state index is -3.53. The van der Waals surface area contributed by atoms with Crippen molar-refractivity contribution in [3.8, 4) is 0 Å². The molecule has 0 aliphatic heterocycles. The zero-order chi connectivity index (χ0) is 11.9.